The lowest BCUT2D eigenvalue weighted by Gasteiger charge is -2.23. The Bertz CT molecular complexity index is 1020. The molecule has 0 aliphatic carbocycles. The van der Waals surface area contributed by atoms with Gasteiger partial charge in [0.15, 0.2) is 0 Å². The molecule has 0 aromatic carbocycles. The molecular formula is C32H58N8O10. The van der Waals surface area contributed by atoms with Crippen molar-refractivity contribution in [2.45, 2.75) is 128 Å². The minimum absolute atomic E-state index is 0.141. The Hall–Kier alpha value is -4.32. The molecule has 0 aromatic rings. The number of carboxylic acids is 2. The zero-order valence-corrected chi connectivity index (χ0v) is 29.4. The Morgan fingerprint density at radius 1 is 0.460 bits per heavy atom. The molecule has 6 amide bonds. The number of nitrogens with two attached hydrogens (primary N) is 2. The van der Waals surface area contributed by atoms with E-state index in [2.05, 4.69) is 31.9 Å². The van der Waals surface area contributed by atoms with Gasteiger partial charge in [0.1, 0.15) is 24.2 Å². The first-order valence-electron chi connectivity index (χ1n) is 17.3. The first-order chi connectivity index (χ1) is 23.7. The average molecular weight is 715 g/mol. The molecule has 0 saturated heterocycles. The van der Waals surface area contributed by atoms with Crippen molar-refractivity contribution < 1.29 is 48.6 Å². The van der Waals surface area contributed by atoms with Crippen molar-refractivity contribution in [2.75, 3.05) is 26.2 Å². The van der Waals surface area contributed by atoms with Gasteiger partial charge in [0.25, 0.3) is 0 Å². The van der Waals surface area contributed by atoms with Crippen LogP contribution in [0.25, 0.3) is 0 Å². The molecule has 18 nitrogen and oxygen atoms in total. The van der Waals surface area contributed by atoms with E-state index in [1.807, 2.05) is 0 Å². The van der Waals surface area contributed by atoms with E-state index in [9.17, 15) is 38.4 Å². The molecule has 0 unspecified atom stereocenters. The van der Waals surface area contributed by atoms with Gasteiger partial charge in [-0.05, 0) is 77.3 Å². The third-order valence-corrected chi connectivity index (χ3v) is 7.54. The van der Waals surface area contributed by atoms with Gasteiger partial charge >= 0.3 is 11.9 Å². The van der Waals surface area contributed by atoms with Crippen LogP contribution in [0, 0.1) is 0 Å². The van der Waals surface area contributed by atoms with Crippen LogP contribution in [-0.2, 0) is 38.4 Å². The molecule has 0 saturated carbocycles. The third-order valence-electron chi connectivity index (χ3n) is 7.54. The van der Waals surface area contributed by atoms with Gasteiger partial charge in [-0.15, -0.1) is 0 Å². The predicted molar refractivity (Wildman–Crippen MR) is 183 cm³/mol. The molecule has 0 rings (SSSR count). The Labute approximate surface area is 293 Å². The molecular weight excluding hydrogens is 656 g/mol. The number of carbonyl (C=O) groups is 8. The van der Waals surface area contributed by atoms with Gasteiger partial charge in [-0.25, -0.2) is 0 Å². The van der Waals surface area contributed by atoms with Crippen molar-refractivity contribution in [3.63, 3.8) is 0 Å². The first-order valence-corrected chi connectivity index (χ1v) is 17.3. The highest BCUT2D eigenvalue weighted by Gasteiger charge is 2.28. The van der Waals surface area contributed by atoms with E-state index in [4.69, 9.17) is 21.7 Å². The van der Waals surface area contributed by atoms with Crippen molar-refractivity contribution in [3.05, 3.63) is 0 Å². The highest BCUT2D eigenvalue weighted by Crippen LogP contribution is 2.07. The van der Waals surface area contributed by atoms with Crippen LogP contribution in [0.15, 0.2) is 0 Å². The zero-order chi connectivity index (χ0) is 37.9. The van der Waals surface area contributed by atoms with Crippen molar-refractivity contribution in [1.29, 1.82) is 0 Å². The molecule has 0 aliphatic heterocycles. The average Bonchev–Trinajstić information content (AvgIpc) is 3.04. The summed E-state index contributed by atoms with van der Waals surface area (Å²) in [7, 11) is 0. The second-order valence-electron chi connectivity index (χ2n) is 12.1. The van der Waals surface area contributed by atoms with E-state index < -0.39 is 71.5 Å². The lowest BCUT2D eigenvalue weighted by atomic mass is 10.1. The van der Waals surface area contributed by atoms with E-state index in [0.717, 1.165) is 0 Å². The van der Waals surface area contributed by atoms with Crippen LogP contribution in [0.2, 0.25) is 0 Å². The van der Waals surface area contributed by atoms with Crippen LogP contribution >= 0.6 is 0 Å². The predicted octanol–water partition coefficient (Wildman–Crippen LogP) is -1.25. The largest absolute Gasteiger partial charge is 0.481 e. The number of carboxylic acid groups (broad SMARTS) is 2. The maximum absolute atomic E-state index is 12.9. The van der Waals surface area contributed by atoms with Crippen molar-refractivity contribution in [1.82, 2.24) is 31.9 Å². The second kappa shape index (κ2) is 27.5. The van der Waals surface area contributed by atoms with Gasteiger partial charge in [-0.3, -0.25) is 38.4 Å². The lowest BCUT2D eigenvalue weighted by molar-refractivity contribution is -0.139. The fourth-order valence-electron chi connectivity index (χ4n) is 4.90. The molecule has 0 bridgehead atoms. The second-order valence-corrected chi connectivity index (χ2v) is 12.1. The molecule has 0 fully saturated rings. The van der Waals surface area contributed by atoms with Gasteiger partial charge in [0.2, 0.25) is 35.4 Å². The molecule has 50 heavy (non-hydrogen) atoms. The topological polar surface area (TPSA) is 301 Å². The minimum atomic E-state index is -1.13. The molecule has 0 spiro atoms. The highest BCUT2D eigenvalue weighted by atomic mass is 16.4. The summed E-state index contributed by atoms with van der Waals surface area (Å²) in [5, 5.41) is 33.8. The van der Waals surface area contributed by atoms with Crippen LogP contribution in [-0.4, -0.2) is 108 Å². The molecule has 0 radical (unpaired) electrons. The molecule has 18 heteroatoms. The maximum atomic E-state index is 12.9. The summed E-state index contributed by atoms with van der Waals surface area (Å²) in [5.74, 6) is -5.39. The van der Waals surface area contributed by atoms with E-state index in [1.165, 1.54) is 13.8 Å². The maximum Gasteiger partial charge on any atom is 0.303 e. The van der Waals surface area contributed by atoms with Crippen molar-refractivity contribution in [2.24, 2.45) is 11.5 Å². The molecule has 0 aliphatic rings. The Balaban J connectivity index is 4.89. The fraction of sp³-hybridized carbons (Fsp3) is 0.750. The summed E-state index contributed by atoms with van der Waals surface area (Å²) in [6, 6.07) is -4.02. The summed E-state index contributed by atoms with van der Waals surface area (Å²) in [6.07, 6.45) is 4.49. The Morgan fingerprint density at radius 3 is 1.10 bits per heavy atom. The van der Waals surface area contributed by atoms with Crippen LogP contribution in [0.5, 0.6) is 0 Å². The Morgan fingerprint density at radius 2 is 0.800 bits per heavy atom. The minimum Gasteiger partial charge on any atom is -0.481 e. The highest BCUT2D eigenvalue weighted by molar-refractivity contribution is 5.93. The molecule has 0 heterocycles. The molecule has 286 valence electrons. The summed E-state index contributed by atoms with van der Waals surface area (Å²) in [5.41, 5.74) is 11.0. The van der Waals surface area contributed by atoms with Gasteiger partial charge in [0, 0.05) is 39.8 Å². The standard InChI is InChI=1S/C32H58N8O10/c1-21(41)37-23(11-5-7-17-33)31(49)39-25(13-15-27(43)44)29(47)35-19-9-3-4-10-20-36-30(48)26(14-16-28(45)46)40-32(50)24(38-22(2)42)12-6-8-18-34/h23-26H,3-20,33-34H2,1-2H3,(H,35,47)(H,36,48)(H,37,41)(H,38,42)(H,39,49)(H,40,50)(H,43,44)(H,45,46)/t23-,24-,25-,26-/m0/s1. The first kappa shape index (κ1) is 45.7. The van der Waals surface area contributed by atoms with Crippen LogP contribution in [0.3, 0.4) is 0 Å². The SMILES string of the molecule is CC(=O)N[C@@H](CCCCN)C(=O)N[C@@H](CCC(=O)O)C(=O)NCCCCCCNC(=O)[C@H](CCC(=O)O)NC(=O)[C@H](CCCCN)NC(C)=O. The lowest BCUT2D eigenvalue weighted by Crippen LogP contribution is -2.53. The zero-order valence-electron chi connectivity index (χ0n) is 29.4. The smallest absolute Gasteiger partial charge is 0.303 e. The number of aliphatic carboxylic acids is 2. The number of hydrogen-bond donors (Lipinski definition) is 10. The normalized spacial score (nSPS) is 13.1. The monoisotopic (exact) mass is 714 g/mol. The van der Waals surface area contributed by atoms with Gasteiger partial charge in [-0.1, -0.05) is 12.8 Å². The van der Waals surface area contributed by atoms with Gasteiger partial charge < -0.3 is 53.6 Å². The van der Waals surface area contributed by atoms with E-state index >= 15 is 0 Å². The summed E-state index contributed by atoms with van der Waals surface area (Å²) in [4.78, 5) is 96.9. The van der Waals surface area contributed by atoms with Crippen LogP contribution in [0.4, 0.5) is 0 Å². The third kappa shape index (κ3) is 23.1. The molecule has 12 N–H and O–H groups in total. The quantitative estimate of drug-likeness (QED) is 0.0407. The summed E-state index contributed by atoms with van der Waals surface area (Å²) in [6.45, 7) is 3.87. The van der Waals surface area contributed by atoms with Gasteiger partial charge in [0.05, 0.1) is 0 Å². The van der Waals surface area contributed by atoms with E-state index in [1.54, 1.807) is 0 Å². The number of amides is 6. The van der Waals surface area contributed by atoms with E-state index in [-0.39, 0.29) is 38.8 Å². The van der Waals surface area contributed by atoms with Crippen LogP contribution < -0.4 is 43.4 Å². The molecule has 4 atom stereocenters. The molecule has 0 aromatic heterocycles. The van der Waals surface area contributed by atoms with E-state index in [0.29, 0.717) is 77.3 Å². The number of rotatable bonds is 29. The number of unbranched alkanes of at least 4 members (excludes halogenated alkanes) is 5. The fourth-order valence-corrected chi connectivity index (χ4v) is 4.90. The van der Waals surface area contributed by atoms with Gasteiger partial charge in [-0.2, -0.15) is 0 Å². The number of hydrogen-bond acceptors (Lipinski definition) is 10. The summed E-state index contributed by atoms with van der Waals surface area (Å²) < 4.78 is 0. The number of carbonyl (C=O) groups excluding carboxylic acids is 6. The van der Waals surface area contributed by atoms with Crippen molar-refractivity contribution in [3.8, 4) is 0 Å². The Kier molecular flexibility index (Phi) is 25.1. The van der Waals surface area contributed by atoms with Crippen molar-refractivity contribution >= 4 is 47.4 Å². The van der Waals surface area contributed by atoms with Crippen LogP contribution in [0.1, 0.15) is 104 Å². The summed E-state index contributed by atoms with van der Waals surface area (Å²) >= 11 is 0. The number of nitrogens with one attached hydrogen (secondary N) is 6.